The number of rotatable bonds is 5. The average Bonchev–Trinajstić information content (AvgIpc) is 2.75. The lowest BCUT2D eigenvalue weighted by molar-refractivity contribution is -0.114. The Labute approximate surface area is 101 Å². The van der Waals surface area contributed by atoms with Gasteiger partial charge in [-0.25, -0.2) is 4.98 Å². The second kappa shape index (κ2) is 4.82. The van der Waals surface area contributed by atoms with Crippen LogP contribution in [-0.2, 0) is 11.3 Å². The summed E-state index contributed by atoms with van der Waals surface area (Å²) in [6.07, 6.45) is 3.38. The Morgan fingerprint density at radius 2 is 2.44 bits per heavy atom. The van der Waals surface area contributed by atoms with Crippen LogP contribution in [0.2, 0.25) is 0 Å². The molecule has 3 nitrogen and oxygen atoms in total. The van der Waals surface area contributed by atoms with Gasteiger partial charge in [-0.1, -0.05) is 13.8 Å². The van der Waals surface area contributed by atoms with E-state index in [2.05, 4.69) is 31.1 Å². The Balaban J connectivity index is 1.80. The van der Waals surface area contributed by atoms with E-state index in [4.69, 9.17) is 4.74 Å². The monoisotopic (exact) mass is 240 g/mol. The van der Waals surface area contributed by atoms with Crippen LogP contribution < -0.4 is 5.32 Å². The van der Waals surface area contributed by atoms with Gasteiger partial charge in [-0.3, -0.25) is 0 Å². The van der Waals surface area contributed by atoms with Crippen LogP contribution in [0.4, 0.5) is 0 Å². The van der Waals surface area contributed by atoms with Crippen molar-refractivity contribution in [2.45, 2.75) is 45.9 Å². The third kappa shape index (κ3) is 2.29. The highest BCUT2D eigenvalue weighted by atomic mass is 32.1. The fraction of sp³-hybridized carbons (Fsp3) is 0.750. The minimum atomic E-state index is 0.243. The summed E-state index contributed by atoms with van der Waals surface area (Å²) in [7, 11) is 0. The molecule has 1 N–H and O–H groups in total. The molecular formula is C12H20N2OS. The van der Waals surface area contributed by atoms with Crippen LogP contribution in [0.5, 0.6) is 0 Å². The molecule has 1 heterocycles. The molecule has 90 valence electrons. The zero-order valence-electron chi connectivity index (χ0n) is 10.2. The smallest absolute Gasteiger partial charge is 0.106 e. The van der Waals surface area contributed by atoms with E-state index in [0.717, 1.165) is 24.6 Å². The molecule has 2 atom stereocenters. The molecule has 0 radical (unpaired) electrons. The molecule has 2 unspecified atom stereocenters. The Hall–Kier alpha value is -0.450. The Bertz CT molecular complexity index is 324. The minimum absolute atomic E-state index is 0.243. The first-order valence-corrected chi connectivity index (χ1v) is 6.76. The molecule has 0 saturated heterocycles. The van der Waals surface area contributed by atoms with Crippen molar-refractivity contribution >= 4 is 11.3 Å². The summed E-state index contributed by atoms with van der Waals surface area (Å²) in [5.74, 6) is 0. The number of hydrogen-bond acceptors (Lipinski definition) is 4. The summed E-state index contributed by atoms with van der Waals surface area (Å²) in [4.78, 5) is 4.27. The second-order valence-electron chi connectivity index (χ2n) is 4.86. The van der Waals surface area contributed by atoms with Gasteiger partial charge in [0.1, 0.15) is 5.01 Å². The second-order valence-corrected chi connectivity index (χ2v) is 5.84. The molecule has 1 aromatic heterocycles. The third-order valence-electron chi connectivity index (χ3n) is 3.53. The summed E-state index contributed by atoms with van der Waals surface area (Å²) in [5.41, 5.74) is 0.243. The van der Waals surface area contributed by atoms with Gasteiger partial charge in [0.2, 0.25) is 0 Å². The number of ether oxygens (including phenoxy) is 1. The van der Waals surface area contributed by atoms with Crippen LogP contribution in [0.1, 0.15) is 32.2 Å². The van der Waals surface area contributed by atoms with Crippen LogP contribution in [0.15, 0.2) is 11.6 Å². The van der Waals surface area contributed by atoms with Crippen molar-refractivity contribution in [2.24, 2.45) is 5.41 Å². The lowest BCUT2D eigenvalue weighted by Gasteiger charge is -2.51. The highest BCUT2D eigenvalue weighted by Gasteiger charge is 2.48. The van der Waals surface area contributed by atoms with Gasteiger partial charge >= 0.3 is 0 Å². The first-order valence-electron chi connectivity index (χ1n) is 5.88. The molecule has 4 heteroatoms. The van der Waals surface area contributed by atoms with Crippen molar-refractivity contribution in [3.8, 4) is 0 Å². The van der Waals surface area contributed by atoms with Crippen LogP contribution in [0, 0.1) is 5.41 Å². The third-order valence-corrected chi connectivity index (χ3v) is 4.31. The highest BCUT2D eigenvalue weighted by Crippen LogP contribution is 2.42. The van der Waals surface area contributed by atoms with Gasteiger partial charge in [0.25, 0.3) is 0 Å². The minimum Gasteiger partial charge on any atom is -0.378 e. The van der Waals surface area contributed by atoms with E-state index in [1.807, 2.05) is 11.6 Å². The number of nitrogens with zero attached hydrogens (tertiary/aromatic N) is 1. The predicted molar refractivity (Wildman–Crippen MR) is 66.6 cm³/mol. The summed E-state index contributed by atoms with van der Waals surface area (Å²) < 4.78 is 5.71. The van der Waals surface area contributed by atoms with E-state index in [-0.39, 0.29) is 5.41 Å². The molecule has 0 aromatic carbocycles. The van der Waals surface area contributed by atoms with E-state index in [0.29, 0.717) is 12.1 Å². The van der Waals surface area contributed by atoms with E-state index in [9.17, 15) is 0 Å². The summed E-state index contributed by atoms with van der Waals surface area (Å²) in [5, 5.41) is 6.75. The van der Waals surface area contributed by atoms with Gasteiger partial charge in [0, 0.05) is 36.2 Å². The molecule has 1 aliphatic carbocycles. The van der Waals surface area contributed by atoms with Crippen LogP contribution in [0.3, 0.4) is 0 Å². The largest absolute Gasteiger partial charge is 0.378 e. The molecule has 0 spiro atoms. The van der Waals surface area contributed by atoms with Gasteiger partial charge in [0.05, 0.1) is 6.10 Å². The van der Waals surface area contributed by atoms with Crippen LogP contribution >= 0.6 is 11.3 Å². The van der Waals surface area contributed by atoms with Gasteiger partial charge in [0.15, 0.2) is 0 Å². The van der Waals surface area contributed by atoms with Gasteiger partial charge in [-0.05, 0) is 13.3 Å². The van der Waals surface area contributed by atoms with Crippen molar-refractivity contribution in [1.82, 2.24) is 10.3 Å². The molecule has 2 rings (SSSR count). The fourth-order valence-corrected chi connectivity index (χ4v) is 2.83. The molecule has 0 amide bonds. The standard InChI is InChI=1S/C12H20N2OS/c1-4-15-10-7-9(12(10,2)3)14-8-11-13-5-6-16-11/h5-6,9-10,14H,4,7-8H2,1-3H3. The SMILES string of the molecule is CCOC1CC(NCc2nccs2)C1(C)C. The molecule has 0 bridgehead atoms. The number of nitrogens with one attached hydrogen (secondary N) is 1. The first kappa shape index (κ1) is 12.0. The van der Waals surface area contributed by atoms with Gasteiger partial charge < -0.3 is 10.1 Å². The van der Waals surface area contributed by atoms with Crippen LogP contribution in [0.25, 0.3) is 0 Å². The number of thiazole rings is 1. The molecular weight excluding hydrogens is 220 g/mol. The zero-order valence-corrected chi connectivity index (χ0v) is 11.0. The van der Waals surface area contributed by atoms with Crippen molar-refractivity contribution < 1.29 is 4.74 Å². The zero-order chi connectivity index (χ0) is 11.6. The van der Waals surface area contributed by atoms with E-state index < -0.39 is 0 Å². The predicted octanol–water partition coefficient (Wildman–Crippen LogP) is 2.44. The molecule has 0 aliphatic heterocycles. The molecule has 16 heavy (non-hydrogen) atoms. The summed E-state index contributed by atoms with van der Waals surface area (Å²) in [6.45, 7) is 8.30. The maximum Gasteiger partial charge on any atom is 0.106 e. The van der Waals surface area contributed by atoms with Crippen LogP contribution in [-0.4, -0.2) is 23.7 Å². The number of aromatic nitrogens is 1. The Kier molecular flexibility index (Phi) is 3.62. The fourth-order valence-electron chi connectivity index (χ4n) is 2.27. The van der Waals surface area contributed by atoms with Gasteiger partial charge in [-0.2, -0.15) is 0 Å². The number of hydrogen-bond donors (Lipinski definition) is 1. The van der Waals surface area contributed by atoms with Crippen molar-refractivity contribution in [2.75, 3.05) is 6.61 Å². The summed E-state index contributed by atoms with van der Waals surface area (Å²) in [6, 6.07) is 0.549. The molecule has 1 fully saturated rings. The first-order chi connectivity index (χ1) is 7.64. The maximum absolute atomic E-state index is 5.71. The van der Waals surface area contributed by atoms with E-state index in [1.165, 1.54) is 0 Å². The maximum atomic E-state index is 5.71. The Morgan fingerprint density at radius 1 is 1.62 bits per heavy atom. The molecule has 1 saturated carbocycles. The lowest BCUT2D eigenvalue weighted by atomic mass is 9.64. The highest BCUT2D eigenvalue weighted by molar-refractivity contribution is 7.09. The molecule has 1 aliphatic rings. The summed E-state index contributed by atoms with van der Waals surface area (Å²) >= 11 is 1.71. The quantitative estimate of drug-likeness (QED) is 0.858. The molecule has 1 aromatic rings. The Morgan fingerprint density at radius 3 is 3.00 bits per heavy atom. The van der Waals surface area contributed by atoms with Crippen molar-refractivity contribution in [3.05, 3.63) is 16.6 Å². The normalized spacial score (nSPS) is 27.7. The topological polar surface area (TPSA) is 34.1 Å². The van der Waals surface area contributed by atoms with Crippen molar-refractivity contribution in [1.29, 1.82) is 0 Å². The average molecular weight is 240 g/mol. The van der Waals surface area contributed by atoms with Crippen molar-refractivity contribution in [3.63, 3.8) is 0 Å². The van der Waals surface area contributed by atoms with E-state index in [1.54, 1.807) is 11.3 Å². The van der Waals surface area contributed by atoms with E-state index >= 15 is 0 Å². The van der Waals surface area contributed by atoms with Gasteiger partial charge in [-0.15, -0.1) is 11.3 Å². The lowest BCUT2D eigenvalue weighted by Crippen LogP contribution is -2.60.